The van der Waals surface area contributed by atoms with Crippen LogP contribution in [0.15, 0.2) is 48.8 Å². The van der Waals surface area contributed by atoms with Crippen LogP contribution in [0, 0.1) is 11.3 Å². The third-order valence-corrected chi connectivity index (χ3v) is 5.39. The number of nitriles is 1. The summed E-state index contributed by atoms with van der Waals surface area (Å²) in [4.78, 5) is 29.9. The number of carbonyl (C=O) groups excluding carboxylic acids is 2. The number of nitrogens with zero attached hydrogens (tertiary/aromatic N) is 3. The average Bonchev–Trinajstić information content (AvgIpc) is 3.15. The number of fused-ring (bicyclic) bond motifs is 1. The number of anilines is 1. The van der Waals surface area contributed by atoms with Crippen molar-refractivity contribution < 1.29 is 23.1 Å². The highest BCUT2D eigenvalue weighted by atomic mass is 19.3. The van der Waals surface area contributed by atoms with Crippen molar-refractivity contribution in [2.45, 2.75) is 24.5 Å². The number of para-hydroxylation sites is 2. The van der Waals surface area contributed by atoms with Gasteiger partial charge in [0.1, 0.15) is 17.9 Å². The first-order valence-corrected chi connectivity index (χ1v) is 10.3. The first-order chi connectivity index (χ1) is 15.9. The zero-order chi connectivity index (χ0) is 23.4. The Hall–Kier alpha value is -4.00. The molecule has 33 heavy (non-hydrogen) atoms. The highest BCUT2D eigenvalue weighted by molar-refractivity contribution is 5.99. The van der Waals surface area contributed by atoms with Crippen LogP contribution in [0.4, 0.5) is 14.5 Å². The number of hydrogen-bond acceptors (Lipinski definition) is 6. The number of amides is 2. The highest BCUT2D eigenvalue weighted by Gasteiger charge is 2.47. The number of benzene rings is 1. The van der Waals surface area contributed by atoms with Gasteiger partial charge in [0.25, 0.3) is 11.8 Å². The van der Waals surface area contributed by atoms with Crippen molar-refractivity contribution in [3.05, 3.63) is 59.9 Å². The van der Waals surface area contributed by atoms with Crippen LogP contribution in [0.3, 0.4) is 0 Å². The Bertz CT molecular complexity index is 1130. The topological polar surface area (TPSA) is 107 Å². The summed E-state index contributed by atoms with van der Waals surface area (Å²) in [6, 6.07) is 9.56. The second kappa shape index (κ2) is 9.24. The molecule has 2 N–H and O–H groups in total. The van der Waals surface area contributed by atoms with Gasteiger partial charge in [-0.15, -0.1) is 0 Å². The van der Waals surface area contributed by atoms with Crippen molar-refractivity contribution in [1.29, 1.82) is 5.26 Å². The van der Waals surface area contributed by atoms with Gasteiger partial charge in [0.2, 0.25) is 5.91 Å². The first-order valence-electron chi connectivity index (χ1n) is 10.3. The van der Waals surface area contributed by atoms with Crippen LogP contribution in [0.5, 0.6) is 5.75 Å². The van der Waals surface area contributed by atoms with Gasteiger partial charge in [-0.25, -0.2) is 8.78 Å². The number of ether oxygens (including phenoxy) is 1. The lowest BCUT2D eigenvalue weighted by Gasteiger charge is -2.25. The molecule has 8 nitrogen and oxygen atoms in total. The summed E-state index contributed by atoms with van der Waals surface area (Å²) in [5.74, 6) is -3.68. The molecule has 0 bridgehead atoms. The van der Waals surface area contributed by atoms with Crippen LogP contribution in [0.1, 0.15) is 22.3 Å². The third-order valence-electron chi connectivity index (χ3n) is 5.39. The van der Waals surface area contributed by atoms with Gasteiger partial charge in [0, 0.05) is 29.9 Å². The van der Waals surface area contributed by atoms with E-state index >= 15 is 0 Å². The van der Waals surface area contributed by atoms with E-state index in [4.69, 9.17) is 10.00 Å². The minimum absolute atomic E-state index is 0.266. The van der Waals surface area contributed by atoms with Crippen molar-refractivity contribution in [3.8, 4) is 11.8 Å². The summed E-state index contributed by atoms with van der Waals surface area (Å²) in [5, 5.41) is 14.8. The van der Waals surface area contributed by atoms with E-state index in [1.165, 1.54) is 18.5 Å². The molecule has 1 saturated heterocycles. The normalized spacial score (nSPS) is 20.9. The van der Waals surface area contributed by atoms with Crippen LogP contribution in [0.2, 0.25) is 0 Å². The molecule has 0 saturated carbocycles. The Morgan fingerprint density at radius 3 is 3.00 bits per heavy atom. The van der Waals surface area contributed by atoms with Crippen LogP contribution in [0.25, 0.3) is 6.08 Å². The molecule has 10 heteroatoms. The van der Waals surface area contributed by atoms with Gasteiger partial charge < -0.3 is 20.3 Å². The maximum Gasteiger partial charge on any atom is 0.268 e. The lowest BCUT2D eigenvalue weighted by atomic mass is 10.1. The smallest absolute Gasteiger partial charge is 0.268 e. The minimum Gasteiger partial charge on any atom is -0.482 e. The van der Waals surface area contributed by atoms with E-state index in [1.54, 1.807) is 18.2 Å². The third kappa shape index (κ3) is 5.09. The Labute approximate surface area is 188 Å². The lowest BCUT2D eigenvalue weighted by Crippen LogP contribution is -2.43. The zero-order valence-electron chi connectivity index (χ0n) is 17.5. The molecule has 2 amide bonds. The number of aromatic nitrogens is 1. The van der Waals surface area contributed by atoms with Crippen LogP contribution >= 0.6 is 0 Å². The van der Waals surface area contributed by atoms with Gasteiger partial charge in [-0.1, -0.05) is 18.2 Å². The summed E-state index contributed by atoms with van der Waals surface area (Å²) >= 11 is 0. The molecule has 4 rings (SSSR count). The Morgan fingerprint density at radius 1 is 1.36 bits per heavy atom. The fourth-order valence-corrected chi connectivity index (χ4v) is 3.74. The van der Waals surface area contributed by atoms with Crippen molar-refractivity contribution >= 4 is 23.6 Å². The molecule has 0 spiro atoms. The summed E-state index contributed by atoms with van der Waals surface area (Å²) in [5.41, 5.74) is 1.68. The largest absolute Gasteiger partial charge is 0.482 e. The quantitative estimate of drug-likeness (QED) is 0.720. The van der Waals surface area contributed by atoms with Crippen LogP contribution in [-0.4, -0.2) is 59.4 Å². The highest BCUT2D eigenvalue weighted by Crippen LogP contribution is 2.31. The maximum absolute atomic E-state index is 13.6. The minimum atomic E-state index is -3.11. The number of halogens is 2. The predicted octanol–water partition coefficient (Wildman–Crippen LogP) is 2.46. The van der Waals surface area contributed by atoms with Crippen molar-refractivity contribution in [2.75, 3.05) is 25.0 Å². The van der Waals surface area contributed by atoms with E-state index in [-0.39, 0.29) is 11.7 Å². The molecule has 1 fully saturated rings. The molecule has 2 unspecified atom stereocenters. The number of pyridine rings is 1. The van der Waals surface area contributed by atoms with E-state index in [9.17, 15) is 18.4 Å². The molecular formula is C23H21F2N5O3. The van der Waals surface area contributed by atoms with Gasteiger partial charge in [-0.3, -0.25) is 14.6 Å². The Morgan fingerprint density at radius 2 is 2.18 bits per heavy atom. The first kappa shape index (κ1) is 22.2. The van der Waals surface area contributed by atoms with Crippen LogP contribution < -0.4 is 15.4 Å². The van der Waals surface area contributed by atoms with Gasteiger partial charge in [0.15, 0.2) is 0 Å². The average molecular weight is 453 g/mol. The summed E-state index contributed by atoms with van der Waals surface area (Å²) < 4.78 is 33.1. The fraction of sp³-hybridized carbons (Fsp3) is 0.304. The SMILES string of the molecule is N#CC1CC(F)(F)CN1C(=O)CNC(=O)c1ccncc1C=CC1CNc2ccccc2O1. The second-order valence-corrected chi connectivity index (χ2v) is 7.76. The van der Waals surface area contributed by atoms with Gasteiger partial charge in [0.05, 0.1) is 31.4 Å². The van der Waals surface area contributed by atoms with Gasteiger partial charge in [-0.2, -0.15) is 5.26 Å². The number of hydrogen-bond donors (Lipinski definition) is 2. The molecule has 2 aromatic rings. The Balaban J connectivity index is 1.39. The molecule has 170 valence electrons. The summed E-state index contributed by atoms with van der Waals surface area (Å²) in [6.07, 6.45) is 5.48. The van der Waals surface area contributed by atoms with E-state index < -0.39 is 43.3 Å². The molecule has 0 radical (unpaired) electrons. The second-order valence-electron chi connectivity index (χ2n) is 7.76. The number of alkyl halides is 2. The van der Waals surface area contributed by atoms with E-state index in [2.05, 4.69) is 15.6 Å². The predicted molar refractivity (Wildman–Crippen MR) is 116 cm³/mol. The number of carbonyl (C=O) groups is 2. The molecule has 2 aliphatic rings. The number of likely N-dealkylation sites (tertiary alicyclic amines) is 1. The molecule has 0 aliphatic carbocycles. The van der Waals surface area contributed by atoms with Gasteiger partial charge >= 0.3 is 0 Å². The zero-order valence-corrected chi connectivity index (χ0v) is 17.5. The molecule has 1 aromatic heterocycles. The maximum atomic E-state index is 13.6. The summed E-state index contributed by atoms with van der Waals surface area (Å²) in [7, 11) is 0. The lowest BCUT2D eigenvalue weighted by molar-refractivity contribution is -0.131. The molecule has 2 atom stereocenters. The number of nitrogens with one attached hydrogen (secondary N) is 2. The molecule has 2 aliphatic heterocycles. The van der Waals surface area contributed by atoms with Crippen LogP contribution in [-0.2, 0) is 4.79 Å². The standard InChI is InChI=1S/C23H21F2N5O3/c24-23(25)9-16(10-26)30(14-23)21(31)13-29-22(32)18-7-8-27-11-15(18)5-6-17-12-28-19-3-1-2-4-20(19)33-17/h1-8,11,16-17,28H,9,12-14H2,(H,29,32). The molecule has 3 heterocycles. The summed E-state index contributed by atoms with van der Waals surface area (Å²) in [6.45, 7) is -0.781. The van der Waals surface area contributed by atoms with Crippen molar-refractivity contribution in [3.63, 3.8) is 0 Å². The monoisotopic (exact) mass is 453 g/mol. The van der Waals surface area contributed by atoms with E-state index in [0.29, 0.717) is 12.1 Å². The number of rotatable bonds is 5. The molecular weight excluding hydrogens is 432 g/mol. The van der Waals surface area contributed by atoms with E-state index in [1.807, 2.05) is 24.3 Å². The van der Waals surface area contributed by atoms with E-state index in [0.717, 1.165) is 16.3 Å². The van der Waals surface area contributed by atoms with Crippen molar-refractivity contribution in [1.82, 2.24) is 15.2 Å². The fourth-order valence-electron chi connectivity index (χ4n) is 3.74. The molecule has 1 aromatic carbocycles. The van der Waals surface area contributed by atoms with Gasteiger partial charge in [-0.05, 0) is 24.3 Å². The Kier molecular flexibility index (Phi) is 6.22. The van der Waals surface area contributed by atoms with Crippen molar-refractivity contribution in [2.24, 2.45) is 0 Å².